The molecule has 2 fully saturated rings. The lowest BCUT2D eigenvalue weighted by Crippen LogP contribution is -2.31. The van der Waals surface area contributed by atoms with Crippen molar-refractivity contribution in [3.63, 3.8) is 0 Å². The highest BCUT2D eigenvalue weighted by Crippen LogP contribution is 2.24. The summed E-state index contributed by atoms with van der Waals surface area (Å²) in [7, 11) is 0. The van der Waals surface area contributed by atoms with Crippen LogP contribution in [-0.2, 0) is 0 Å². The Labute approximate surface area is 103 Å². The number of piperidine rings is 1. The van der Waals surface area contributed by atoms with E-state index in [1.807, 2.05) is 0 Å². The quantitative estimate of drug-likeness (QED) is 0.866. The zero-order valence-corrected chi connectivity index (χ0v) is 10.4. The summed E-state index contributed by atoms with van der Waals surface area (Å²) in [6.45, 7) is 2.33. The van der Waals surface area contributed by atoms with Gasteiger partial charge in [-0.05, 0) is 50.7 Å². The van der Waals surface area contributed by atoms with E-state index in [9.17, 15) is 0 Å². The van der Waals surface area contributed by atoms with Gasteiger partial charge in [0.25, 0.3) is 0 Å². The fourth-order valence-corrected chi connectivity index (χ4v) is 2.56. The molecule has 3 nitrogen and oxygen atoms in total. The SMILES string of the molecule is c1cc(NC2CCC2)nc(N2CCCCC2)c1. The molecular weight excluding hydrogens is 210 g/mol. The number of hydrogen-bond donors (Lipinski definition) is 1. The van der Waals surface area contributed by atoms with Crippen molar-refractivity contribution in [1.82, 2.24) is 4.98 Å². The summed E-state index contributed by atoms with van der Waals surface area (Å²) in [6.07, 6.45) is 7.95. The summed E-state index contributed by atoms with van der Waals surface area (Å²) in [5, 5.41) is 3.52. The number of rotatable bonds is 3. The third-order valence-electron chi connectivity index (χ3n) is 3.87. The second-order valence-corrected chi connectivity index (χ2v) is 5.20. The zero-order chi connectivity index (χ0) is 11.5. The van der Waals surface area contributed by atoms with Gasteiger partial charge in [-0.1, -0.05) is 6.07 Å². The Balaban J connectivity index is 1.68. The van der Waals surface area contributed by atoms with Gasteiger partial charge in [-0.15, -0.1) is 0 Å². The van der Waals surface area contributed by atoms with E-state index in [0.29, 0.717) is 6.04 Å². The Bertz CT molecular complexity index is 367. The Kier molecular flexibility index (Phi) is 3.16. The van der Waals surface area contributed by atoms with E-state index < -0.39 is 0 Å². The fraction of sp³-hybridized carbons (Fsp3) is 0.643. The molecule has 0 bridgehead atoms. The van der Waals surface area contributed by atoms with E-state index in [1.165, 1.54) is 51.6 Å². The molecule has 0 amide bonds. The van der Waals surface area contributed by atoms with Crippen LogP contribution < -0.4 is 10.2 Å². The van der Waals surface area contributed by atoms with Crippen LogP contribution in [-0.4, -0.2) is 24.1 Å². The number of aromatic nitrogens is 1. The summed E-state index contributed by atoms with van der Waals surface area (Å²) < 4.78 is 0. The molecule has 1 aliphatic carbocycles. The predicted octanol–water partition coefficient (Wildman–Crippen LogP) is 3.04. The molecule has 1 saturated heterocycles. The first kappa shape index (κ1) is 10.9. The highest BCUT2D eigenvalue weighted by atomic mass is 15.2. The number of nitrogens with zero attached hydrogens (tertiary/aromatic N) is 2. The van der Waals surface area contributed by atoms with Crippen LogP contribution in [0.1, 0.15) is 38.5 Å². The monoisotopic (exact) mass is 231 g/mol. The lowest BCUT2D eigenvalue weighted by atomic mass is 9.93. The molecule has 1 aromatic heterocycles. The molecule has 0 atom stereocenters. The summed E-state index contributed by atoms with van der Waals surface area (Å²) in [6, 6.07) is 7.01. The van der Waals surface area contributed by atoms with Crippen LogP contribution in [0.3, 0.4) is 0 Å². The molecule has 1 saturated carbocycles. The minimum Gasteiger partial charge on any atom is -0.367 e. The maximum atomic E-state index is 4.73. The van der Waals surface area contributed by atoms with E-state index in [4.69, 9.17) is 4.98 Å². The van der Waals surface area contributed by atoms with Gasteiger partial charge < -0.3 is 10.2 Å². The van der Waals surface area contributed by atoms with E-state index in [-0.39, 0.29) is 0 Å². The van der Waals surface area contributed by atoms with E-state index in [1.54, 1.807) is 0 Å². The molecular formula is C14H21N3. The van der Waals surface area contributed by atoms with E-state index in [0.717, 1.165) is 11.6 Å². The van der Waals surface area contributed by atoms with Crippen molar-refractivity contribution < 1.29 is 0 Å². The first-order valence-corrected chi connectivity index (χ1v) is 6.90. The fourth-order valence-electron chi connectivity index (χ4n) is 2.56. The molecule has 0 spiro atoms. The first-order chi connectivity index (χ1) is 8.42. The summed E-state index contributed by atoms with van der Waals surface area (Å²) in [5.41, 5.74) is 0. The lowest BCUT2D eigenvalue weighted by Gasteiger charge is -2.30. The molecule has 3 rings (SSSR count). The topological polar surface area (TPSA) is 28.2 Å². The molecule has 3 heteroatoms. The lowest BCUT2D eigenvalue weighted by molar-refractivity contribution is 0.444. The van der Waals surface area contributed by atoms with Crippen molar-refractivity contribution in [2.45, 2.75) is 44.6 Å². The molecule has 1 aliphatic heterocycles. The molecule has 17 heavy (non-hydrogen) atoms. The normalized spacial score (nSPS) is 21.1. The Hall–Kier alpha value is -1.25. The van der Waals surface area contributed by atoms with Crippen LogP contribution >= 0.6 is 0 Å². The highest BCUT2D eigenvalue weighted by molar-refractivity contribution is 5.47. The standard InChI is InChI=1S/C14H21N3/c1-2-10-17(11-3-1)14-9-5-8-13(16-14)15-12-6-4-7-12/h5,8-9,12H,1-4,6-7,10-11H2,(H,15,16). The van der Waals surface area contributed by atoms with Gasteiger partial charge in [0, 0.05) is 19.1 Å². The summed E-state index contributed by atoms with van der Waals surface area (Å²) in [4.78, 5) is 7.15. The number of hydrogen-bond acceptors (Lipinski definition) is 3. The number of anilines is 2. The van der Waals surface area contributed by atoms with Gasteiger partial charge in [0.15, 0.2) is 0 Å². The average molecular weight is 231 g/mol. The first-order valence-electron chi connectivity index (χ1n) is 6.90. The Morgan fingerprint density at radius 3 is 2.59 bits per heavy atom. The molecule has 0 radical (unpaired) electrons. The van der Waals surface area contributed by atoms with Crippen molar-refractivity contribution >= 4 is 11.6 Å². The van der Waals surface area contributed by atoms with E-state index >= 15 is 0 Å². The van der Waals surface area contributed by atoms with Gasteiger partial charge in [-0.3, -0.25) is 0 Å². The zero-order valence-electron chi connectivity index (χ0n) is 10.4. The smallest absolute Gasteiger partial charge is 0.130 e. The van der Waals surface area contributed by atoms with E-state index in [2.05, 4.69) is 28.4 Å². The average Bonchev–Trinajstić information content (AvgIpc) is 2.35. The summed E-state index contributed by atoms with van der Waals surface area (Å²) >= 11 is 0. The van der Waals surface area contributed by atoms with Gasteiger partial charge in [0.05, 0.1) is 0 Å². The van der Waals surface area contributed by atoms with Crippen LogP contribution in [0.2, 0.25) is 0 Å². The highest BCUT2D eigenvalue weighted by Gasteiger charge is 2.18. The van der Waals surface area contributed by atoms with Crippen molar-refractivity contribution in [3.05, 3.63) is 18.2 Å². The molecule has 1 aromatic rings. The molecule has 92 valence electrons. The largest absolute Gasteiger partial charge is 0.367 e. The van der Waals surface area contributed by atoms with Crippen molar-refractivity contribution in [1.29, 1.82) is 0 Å². The number of nitrogens with one attached hydrogen (secondary N) is 1. The molecule has 0 aromatic carbocycles. The van der Waals surface area contributed by atoms with Crippen LogP contribution in [0, 0.1) is 0 Å². The summed E-state index contributed by atoms with van der Waals surface area (Å²) in [5.74, 6) is 2.20. The van der Waals surface area contributed by atoms with Crippen LogP contribution in [0.4, 0.5) is 11.6 Å². The van der Waals surface area contributed by atoms with Gasteiger partial charge in [0.1, 0.15) is 11.6 Å². The second kappa shape index (κ2) is 4.94. The maximum Gasteiger partial charge on any atom is 0.130 e. The second-order valence-electron chi connectivity index (χ2n) is 5.20. The maximum absolute atomic E-state index is 4.73. The van der Waals surface area contributed by atoms with Crippen molar-refractivity contribution in [2.75, 3.05) is 23.3 Å². The van der Waals surface area contributed by atoms with Gasteiger partial charge >= 0.3 is 0 Å². The Morgan fingerprint density at radius 1 is 1.06 bits per heavy atom. The molecule has 2 heterocycles. The van der Waals surface area contributed by atoms with Gasteiger partial charge in [-0.25, -0.2) is 4.98 Å². The molecule has 2 aliphatic rings. The van der Waals surface area contributed by atoms with Gasteiger partial charge in [-0.2, -0.15) is 0 Å². The van der Waals surface area contributed by atoms with Gasteiger partial charge in [0.2, 0.25) is 0 Å². The molecule has 1 N–H and O–H groups in total. The van der Waals surface area contributed by atoms with Crippen LogP contribution in [0.15, 0.2) is 18.2 Å². The van der Waals surface area contributed by atoms with Crippen LogP contribution in [0.5, 0.6) is 0 Å². The van der Waals surface area contributed by atoms with Crippen molar-refractivity contribution in [2.24, 2.45) is 0 Å². The third-order valence-corrected chi connectivity index (χ3v) is 3.87. The van der Waals surface area contributed by atoms with Crippen LogP contribution in [0.25, 0.3) is 0 Å². The minimum absolute atomic E-state index is 0.666. The van der Waals surface area contributed by atoms with Crippen molar-refractivity contribution in [3.8, 4) is 0 Å². The Morgan fingerprint density at radius 2 is 1.88 bits per heavy atom. The third kappa shape index (κ3) is 2.54. The predicted molar refractivity (Wildman–Crippen MR) is 71.6 cm³/mol. The minimum atomic E-state index is 0.666. The molecule has 0 unspecified atom stereocenters. The number of pyridine rings is 1.